The Balaban J connectivity index is 1.65. The molecule has 3 heterocycles. The molecule has 148 valence electrons. The van der Waals surface area contributed by atoms with Crippen LogP contribution in [0.15, 0.2) is 30.3 Å². The summed E-state index contributed by atoms with van der Waals surface area (Å²) >= 11 is 1.45. The van der Waals surface area contributed by atoms with Crippen LogP contribution in [0.25, 0.3) is 20.7 Å². The van der Waals surface area contributed by atoms with Gasteiger partial charge in [-0.15, -0.1) is 11.3 Å². The molecule has 1 aliphatic rings. The van der Waals surface area contributed by atoms with Crippen molar-refractivity contribution < 1.29 is 13.2 Å². The number of rotatable bonds is 3. The van der Waals surface area contributed by atoms with Crippen LogP contribution in [-0.4, -0.2) is 41.0 Å². The van der Waals surface area contributed by atoms with Crippen LogP contribution in [0.3, 0.4) is 0 Å². The number of aromatic nitrogens is 2. The van der Waals surface area contributed by atoms with E-state index in [1.165, 1.54) is 23.5 Å². The third-order valence-electron chi connectivity index (χ3n) is 4.95. The molecule has 3 aromatic rings. The lowest BCUT2D eigenvalue weighted by atomic mass is 10.1. The number of benzene rings is 1. The maximum atomic E-state index is 12.8. The molecule has 0 radical (unpaired) electrons. The van der Waals surface area contributed by atoms with Crippen LogP contribution in [0, 0.1) is 0 Å². The topological polar surface area (TPSA) is 67.1 Å². The number of anilines is 2. The SMILES string of the molecule is CN1CCC(Nc2nc(N)nc3cc(-c4ccc(C(F)(F)F)cc4)sc23)CC1. The molecule has 0 atom stereocenters. The van der Waals surface area contributed by atoms with E-state index in [0.29, 0.717) is 22.9 Å². The fourth-order valence-corrected chi connectivity index (χ4v) is 4.41. The van der Waals surface area contributed by atoms with Gasteiger partial charge in [0.2, 0.25) is 5.95 Å². The molecule has 1 aliphatic heterocycles. The fourth-order valence-electron chi connectivity index (χ4n) is 3.36. The number of hydrogen-bond acceptors (Lipinski definition) is 6. The highest BCUT2D eigenvalue weighted by atomic mass is 32.1. The first-order valence-corrected chi connectivity index (χ1v) is 9.81. The van der Waals surface area contributed by atoms with Gasteiger partial charge in [0.25, 0.3) is 0 Å². The van der Waals surface area contributed by atoms with Gasteiger partial charge in [-0.3, -0.25) is 0 Å². The van der Waals surface area contributed by atoms with Crippen molar-refractivity contribution >= 4 is 33.3 Å². The Morgan fingerprint density at radius 1 is 1.14 bits per heavy atom. The second-order valence-corrected chi connectivity index (χ2v) is 8.10. The van der Waals surface area contributed by atoms with E-state index >= 15 is 0 Å². The molecule has 4 rings (SSSR count). The lowest BCUT2D eigenvalue weighted by Gasteiger charge is -2.29. The molecule has 28 heavy (non-hydrogen) atoms. The first-order chi connectivity index (χ1) is 13.3. The molecule has 0 spiro atoms. The molecule has 0 bridgehead atoms. The molecular weight excluding hydrogens is 387 g/mol. The van der Waals surface area contributed by atoms with Crippen molar-refractivity contribution in [3.05, 3.63) is 35.9 Å². The molecule has 0 amide bonds. The molecular formula is C19H20F3N5S. The number of thiophene rings is 1. The number of piperidine rings is 1. The zero-order chi connectivity index (χ0) is 19.9. The highest BCUT2D eigenvalue weighted by Gasteiger charge is 2.30. The summed E-state index contributed by atoms with van der Waals surface area (Å²) in [5.74, 6) is 0.875. The number of nitrogen functional groups attached to an aromatic ring is 1. The Morgan fingerprint density at radius 3 is 2.46 bits per heavy atom. The Bertz CT molecular complexity index is 976. The minimum atomic E-state index is -4.34. The summed E-state index contributed by atoms with van der Waals surface area (Å²) in [7, 11) is 2.10. The summed E-state index contributed by atoms with van der Waals surface area (Å²) < 4.78 is 39.2. The maximum Gasteiger partial charge on any atom is 0.416 e. The minimum Gasteiger partial charge on any atom is -0.368 e. The standard InChI is InChI=1S/C19H20F3N5S/c1-27-8-6-13(7-9-27)24-17-16-14(25-18(23)26-17)10-15(28-16)11-2-4-12(5-3-11)19(20,21)22/h2-5,10,13H,6-9H2,1H3,(H3,23,24,25,26). The van der Waals surface area contributed by atoms with E-state index in [2.05, 4.69) is 27.2 Å². The third-order valence-corrected chi connectivity index (χ3v) is 6.13. The van der Waals surface area contributed by atoms with Gasteiger partial charge in [-0.2, -0.15) is 18.2 Å². The predicted molar refractivity (Wildman–Crippen MR) is 106 cm³/mol. The van der Waals surface area contributed by atoms with Gasteiger partial charge in [-0.1, -0.05) is 12.1 Å². The van der Waals surface area contributed by atoms with Crippen LogP contribution in [0.2, 0.25) is 0 Å². The number of nitrogens with zero attached hydrogens (tertiary/aromatic N) is 3. The lowest BCUT2D eigenvalue weighted by Crippen LogP contribution is -2.36. The van der Waals surface area contributed by atoms with Crippen molar-refractivity contribution in [3.63, 3.8) is 0 Å². The molecule has 1 fully saturated rings. The van der Waals surface area contributed by atoms with E-state index in [1.807, 2.05) is 6.07 Å². The molecule has 3 N–H and O–H groups in total. The van der Waals surface area contributed by atoms with Crippen LogP contribution in [0.1, 0.15) is 18.4 Å². The molecule has 2 aromatic heterocycles. The molecule has 5 nitrogen and oxygen atoms in total. The highest BCUT2D eigenvalue weighted by molar-refractivity contribution is 7.22. The molecule has 1 aromatic carbocycles. The Hall–Kier alpha value is -2.39. The lowest BCUT2D eigenvalue weighted by molar-refractivity contribution is -0.137. The van der Waals surface area contributed by atoms with Gasteiger partial charge in [-0.25, -0.2) is 4.98 Å². The highest BCUT2D eigenvalue weighted by Crippen LogP contribution is 2.38. The predicted octanol–water partition coefficient (Wildman–Crippen LogP) is 4.47. The average molecular weight is 407 g/mol. The largest absolute Gasteiger partial charge is 0.416 e. The summed E-state index contributed by atoms with van der Waals surface area (Å²) in [5.41, 5.74) is 6.62. The van der Waals surface area contributed by atoms with Gasteiger partial charge in [0, 0.05) is 10.9 Å². The van der Waals surface area contributed by atoms with E-state index in [9.17, 15) is 13.2 Å². The number of nitrogens with one attached hydrogen (secondary N) is 1. The normalized spacial score (nSPS) is 16.6. The molecule has 0 aliphatic carbocycles. The number of hydrogen-bond donors (Lipinski definition) is 2. The van der Waals surface area contributed by atoms with Crippen molar-refractivity contribution in [1.29, 1.82) is 0 Å². The van der Waals surface area contributed by atoms with E-state index < -0.39 is 11.7 Å². The quantitative estimate of drug-likeness (QED) is 0.671. The number of fused-ring (bicyclic) bond motifs is 1. The van der Waals surface area contributed by atoms with Crippen LogP contribution in [0.5, 0.6) is 0 Å². The van der Waals surface area contributed by atoms with E-state index in [4.69, 9.17) is 5.73 Å². The van der Waals surface area contributed by atoms with Crippen molar-refractivity contribution in [2.24, 2.45) is 0 Å². The second-order valence-electron chi connectivity index (χ2n) is 7.05. The third kappa shape index (κ3) is 3.90. The smallest absolute Gasteiger partial charge is 0.368 e. The van der Waals surface area contributed by atoms with Gasteiger partial charge >= 0.3 is 6.18 Å². The van der Waals surface area contributed by atoms with Crippen molar-refractivity contribution in [3.8, 4) is 10.4 Å². The summed E-state index contributed by atoms with van der Waals surface area (Å²) in [5, 5.41) is 3.48. The first kappa shape index (κ1) is 18.9. The van der Waals surface area contributed by atoms with E-state index in [0.717, 1.165) is 47.6 Å². The maximum absolute atomic E-state index is 12.8. The van der Waals surface area contributed by atoms with Crippen LogP contribution in [0.4, 0.5) is 24.9 Å². The first-order valence-electron chi connectivity index (χ1n) is 8.99. The van der Waals surface area contributed by atoms with Crippen molar-refractivity contribution in [2.75, 3.05) is 31.2 Å². The van der Waals surface area contributed by atoms with Crippen molar-refractivity contribution in [2.45, 2.75) is 25.1 Å². The molecule has 0 unspecified atom stereocenters. The molecule has 0 saturated carbocycles. The number of halogens is 3. The summed E-state index contributed by atoms with van der Waals surface area (Å²) in [6, 6.07) is 7.31. The summed E-state index contributed by atoms with van der Waals surface area (Å²) in [4.78, 5) is 11.8. The van der Waals surface area contributed by atoms with Gasteiger partial charge in [0.15, 0.2) is 0 Å². The fraction of sp³-hybridized carbons (Fsp3) is 0.368. The van der Waals surface area contributed by atoms with Crippen LogP contribution < -0.4 is 11.1 Å². The van der Waals surface area contributed by atoms with Gasteiger partial charge in [-0.05, 0) is 56.7 Å². The number of likely N-dealkylation sites (tertiary alicyclic amines) is 1. The Morgan fingerprint density at radius 2 is 1.82 bits per heavy atom. The van der Waals surface area contributed by atoms with Crippen LogP contribution in [-0.2, 0) is 6.18 Å². The molecule has 1 saturated heterocycles. The van der Waals surface area contributed by atoms with E-state index in [1.54, 1.807) is 0 Å². The molecule has 9 heteroatoms. The number of nitrogens with two attached hydrogens (primary N) is 1. The second kappa shape index (κ2) is 7.21. The Labute approximate surface area is 164 Å². The zero-order valence-electron chi connectivity index (χ0n) is 15.3. The number of alkyl halides is 3. The Kier molecular flexibility index (Phi) is 4.88. The van der Waals surface area contributed by atoms with Gasteiger partial charge in [0.1, 0.15) is 5.82 Å². The van der Waals surface area contributed by atoms with Crippen LogP contribution >= 0.6 is 11.3 Å². The van der Waals surface area contributed by atoms with Gasteiger partial charge in [0.05, 0.1) is 15.8 Å². The summed E-state index contributed by atoms with van der Waals surface area (Å²) in [6.07, 6.45) is -2.32. The van der Waals surface area contributed by atoms with E-state index in [-0.39, 0.29) is 5.95 Å². The monoisotopic (exact) mass is 407 g/mol. The summed E-state index contributed by atoms with van der Waals surface area (Å²) in [6.45, 7) is 2.03. The minimum absolute atomic E-state index is 0.180. The van der Waals surface area contributed by atoms with Crippen molar-refractivity contribution in [1.82, 2.24) is 14.9 Å². The van der Waals surface area contributed by atoms with Gasteiger partial charge < -0.3 is 16.0 Å². The average Bonchev–Trinajstić information content (AvgIpc) is 3.07. The zero-order valence-corrected chi connectivity index (χ0v) is 16.1.